The smallest absolute Gasteiger partial charge is 0.0951 e. The molecule has 1 aromatic heterocycles. The Kier molecular flexibility index (Phi) is 4.37. The maximum Gasteiger partial charge on any atom is 0.0951 e. The Balaban J connectivity index is 2.21. The number of nitrogens with one attached hydrogen (secondary N) is 1. The number of nitrogens with two attached hydrogens (primary N) is 1. The van der Waals surface area contributed by atoms with E-state index in [4.69, 9.17) is 5.73 Å². The topological polar surface area (TPSA) is 68.0 Å². The largest absolute Gasteiger partial charge is 0.397 e. The second kappa shape index (κ2) is 6.02. The fourth-order valence-corrected chi connectivity index (χ4v) is 2.69. The average molecular weight is 277 g/mol. The summed E-state index contributed by atoms with van der Waals surface area (Å²) in [4.78, 5) is 4.31. The maximum atomic E-state index is 11.1. The molecule has 19 heavy (non-hydrogen) atoms. The maximum absolute atomic E-state index is 11.1. The number of pyridine rings is 1. The highest BCUT2D eigenvalue weighted by Gasteiger charge is 2.08. The molecule has 0 saturated heterocycles. The van der Waals surface area contributed by atoms with E-state index < -0.39 is 10.8 Å². The van der Waals surface area contributed by atoms with Crippen LogP contribution in [0.5, 0.6) is 0 Å². The Hall–Kier alpha value is -1.62. The van der Waals surface area contributed by atoms with Crippen LogP contribution in [-0.2, 0) is 10.8 Å². The summed E-state index contributed by atoms with van der Waals surface area (Å²) < 4.78 is 11.1. The molecule has 0 radical (unpaired) electrons. The molecule has 3 N–H and O–H groups in total. The molecule has 0 fully saturated rings. The van der Waals surface area contributed by atoms with Crippen LogP contribution in [0.15, 0.2) is 30.5 Å². The summed E-state index contributed by atoms with van der Waals surface area (Å²) in [5, 5.41) is 4.46. The lowest BCUT2D eigenvalue weighted by Gasteiger charge is -2.16. The van der Waals surface area contributed by atoms with Gasteiger partial charge in [0.2, 0.25) is 0 Å². The van der Waals surface area contributed by atoms with Crippen molar-refractivity contribution in [3.8, 4) is 0 Å². The third-order valence-corrected chi connectivity index (χ3v) is 3.85. The molecule has 0 bridgehead atoms. The summed E-state index contributed by atoms with van der Waals surface area (Å²) in [6, 6.07) is 8.00. The highest BCUT2D eigenvalue weighted by Crippen LogP contribution is 2.27. The lowest BCUT2D eigenvalue weighted by atomic mass is 10.1. The van der Waals surface area contributed by atoms with Crippen LogP contribution in [0.2, 0.25) is 0 Å². The van der Waals surface area contributed by atoms with Crippen molar-refractivity contribution in [2.75, 3.05) is 23.1 Å². The van der Waals surface area contributed by atoms with Gasteiger partial charge in [0.05, 0.1) is 11.2 Å². The monoisotopic (exact) mass is 277 g/mol. The number of hydrogen-bond donors (Lipinski definition) is 2. The van der Waals surface area contributed by atoms with Crippen molar-refractivity contribution in [1.29, 1.82) is 0 Å². The lowest BCUT2D eigenvalue weighted by Crippen LogP contribution is -2.18. The van der Waals surface area contributed by atoms with Crippen molar-refractivity contribution in [1.82, 2.24) is 4.98 Å². The molecule has 2 rings (SSSR count). The van der Waals surface area contributed by atoms with Crippen LogP contribution in [0.4, 0.5) is 11.4 Å². The molecular formula is C14H19N3OS. The summed E-state index contributed by atoms with van der Waals surface area (Å²) in [7, 11) is -0.747. The van der Waals surface area contributed by atoms with E-state index in [-0.39, 0.29) is 6.04 Å². The predicted molar refractivity (Wildman–Crippen MR) is 82.8 cm³/mol. The van der Waals surface area contributed by atoms with E-state index in [9.17, 15) is 4.21 Å². The van der Waals surface area contributed by atoms with E-state index in [2.05, 4.69) is 17.2 Å². The molecule has 0 saturated carbocycles. The van der Waals surface area contributed by atoms with Crippen LogP contribution in [0.25, 0.3) is 10.9 Å². The molecule has 102 valence electrons. The fraction of sp³-hybridized carbons (Fsp3) is 0.357. The second-order valence-electron chi connectivity index (χ2n) is 4.71. The Labute approximate surface area is 115 Å². The number of fused-ring (bicyclic) bond motifs is 1. The zero-order chi connectivity index (χ0) is 13.8. The Morgan fingerprint density at radius 3 is 2.95 bits per heavy atom. The van der Waals surface area contributed by atoms with Gasteiger partial charge in [0.1, 0.15) is 0 Å². The molecule has 2 unspecified atom stereocenters. The van der Waals surface area contributed by atoms with Gasteiger partial charge >= 0.3 is 0 Å². The first-order valence-electron chi connectivity index (χ1n) is 6.27. The molecule has 0 aliphatic carbocycles. The van der Waals surface area contributed by atoms with Crippen LogP contribution in [0.1, 0.15) is 13.3 Å². The minimum atomic E-state index is -0.747. The van der Waals surface area contributed by atoms with Crippen molar-refractivity contribution in [2.45, 2.75) is 19.4 Å². The van der Waals surface area contributed by atoms with Gasteiger partial charge in [-0.3, -0.25) is 9.19 Å². The van der Waals surface area contributed by atoms with E-state index in [1.54, 1.807) is 12.5 Å². The van der Waals surface area contributed by atoms with Crippen LogP contribution < -0.4 is 11.1 Å². The third kappa shape index (κ3) is 3.44. The SMILES string of the molecule is CC(CCS(C)=O)Nc1ccc(N)c2ncccc12. The third-order valence-electron chi connectivity index (χ3n) is 3.04. The van der Waals surface area contributed by atoms with Crippen molar-refractivity contribution in [2.24, 2.45) is 0 Å². The minimum absolute atomic E-state index is 0.260. The van der Waals surface area contributed by atoms with Gasteiger partial charge in [-0.25, -0.2) is 0 Å². The summed E-state index contributed by atoms with van der Waals surface area (Å²) in [6.07, 6.45) is 4.34. The molecule has 2 atom stereocenters. The summed E-state index contributed by atoms with van der Waals surface area (Å²) in [5.74, 6) is 0.708. The molecule has 0 amide bonds. The first-order chi connectivity index (χ1) is 9.08. The first-order valence-corrected chi connectivity index (χ1v) is 8.00. The van der Waals surface area contributed by atoms with Crippen LogP contribution in [0.3, 0.4) is 0 Å². The lowest BCUT2D eigenvalue weighted by molar-refractivity contribution is 0.678. The van der Waals surface area contributed by atoms with Crippen molar-refractivity contribution in [3.05, 3.63) is 30.5 Å². The number of aromatic nitrogens is 1. The standard InChI is InChI=1S/C14H19N3OS/c1-10(7-9-19(2)18)17-13-6-5-12(15)14-11(13)4-3-8-16-14/h3-6,8,10,17H,7,9,15H2,1-2H3. The van der Waals surface area contributed by atoms with E-state index in [1.165, 1.54) is 0 Å². The van der Waals surface area contributed by atoms with Crippen LogP contribution in [0, 0.1) is 0 Å². The van der Waals surface area contributed by atoms with Gasteiger partial charge in [0, 0.05) is 46.1 Å². The molecule has 5 heteroatoms. The number of nitrogens with zero attached hydrogens (tertiary/aromatic N) is 1. The molecule has 0 spiro atoms. The molecular weight excluding hydrogens is 258 g/mol. The van der Waals surface area contributed by atoms with Crippen molar-refractivity contribution >= 4 is 33.1 Å². The molecule has 0 aliphatic rings. The number of rotatable bonds is 5. The Bertz CT molecular complexity index is 600. The first kappa shape index (κ1) is 13.8. The van der Waals surface area contributed by atoms with Crippen LogP contribution in [-0.4, -0.2) is 27.2 Å². The zero-order valence-corrected chi connectivity index (χ0v) is 12.0. The number of hydrogen-bond acceptors (Lipinski definition) is 4. The predicted octanol–water partition coefficient (Wildman–Crippen LogP) is 2.39. The summed E-state index contributed by atoms with van der Waals surface area (Å²) in [6.45, 7) is 2.09. The van der Waals surface area contributed by atoms with Crippen LogP contribution >= 0.6 is 0 Å². The average Bonchev–Trinajstić information content (AvgIpc) is 2.40. The summed E-state index contributed by atoms with van der Waals surface area (Å²) >= 11 is 0. The summed E-state index contributed by atoms with van der Waals surface area (Å²) in [5.41, 5.74) is 8.45. The van der Waals surface area contributed by atoms with Gasteiger partial charge in [0.25, 0.3) is 0 Å². The second-order valence-corrected chi connectivity index (χ2v) is 6.27. The molecule has 0 aliphatic heterocycles. The molecule has 2 aromatic rings. The minimum Gasteiger partial charge on any atom is -0.397 e. The van der Waals surface area contributed by atoms with Gasteiger partial charge in [-0.15, -0.1) is 0 Å². The quantitative estimate of drug-likeness (QED) is 0.823. The van der Waals surface area contributed by atoms with E-state index >= 15 is 0 Å². The fourth-order valence-electron chi connectivity index (χ4n) is 2.00. The van der Waals surface area contributed by atoms with Gasteiger partial charge in [0.15, 0.2) is 0 Å². The normalized spacial score (nSPS) is 14.2. The van der Waals surface area contributed by atoms with E-state index in [0.29, 0.717) is 11.4 Å². The zero-order valence-electron chi connectivity index (χ0n) is 11.2. The number of nitrogen functional groups attached to an aromatic ring is 1. The van der Waals surface area contributed by atoms with E-state index in [1.807, 2.05) is 24.3 Å². The van der Waals surface area contributed by atoms with Crippen molar-refractivity contribution < 1.29 is 4.21 Å². The Morgan fingerprint density at radius 1 is 1.42 bits per heavy atom. The Morgan fingerprint density at radius 2 is 2.21 bits per heavy atom. The van der Waals surface area contributed by atoms with E-state index in [0.717, 1.165) is 23.0 Å². The van der Waals surface area contributed by atoms with Gasteiger partial charge in [-0.05, 0) is 37.6 Å². The highest BCUT2D eigenvalue weighted by molar-refractivity contribution is 7.84. The van der Waals surface area contributed by atoms with Gasteiger partial charge in [-0.2, -0.15) is 0 Å². The van der Waals surface area contributed by atoms with Crippen molar-refractivity contribution in [3.63, 3.8) is 0 Å². The molecule has 1 aromatic carbocycles. The molecule has 4 nitrogen and oxygen atoms in total. The highest BCUT2D eigenvalue weighted by atomic mass is 32.2. The number of benzene rings is 1. The van der Waals surface area contributed by atoms with Gasteiger partial charge < -0.3 is 11.1 Å². The molecule has 1 heterocycles. The number of anilines is 2. The van der Waals surface area contributed by atoms with Gasteiger partial charge in [-0.1, -0.05) is 0 Å².